The summed E-state index contributed by atoms with van der Waals surface area (Å²) in [4.78, 5) is 23.5. The fourth-order valence-corrected chi connectivity index (χ4v) is 5.75. The predicted octanol–water partition coefficient (Wildman–Crippen LogP) is -0.756. The molecule has 196 valence electrons. The highest BCUT2D eigenvalue weighted by Gasteiger charge is 2.66. The molecule has 0 radical (unpaired) electrons. The Morgan fingerprint density at radius 1 is 1.03 bits per heavy atom. The zero-order chi connectivity index (χ0) is 25.6. The Bertz CT molecular complexity index is 768. The molecule has 1 saturated heterocycles. The highest BCUT2D eigenvalue weighted by atomic mass is 16.7. The molecule has 0 amide bonds. The smallest absolute Gasteiger partial charge is 0.308 e. The van der Waals surface area contributed by atoms with Gasteiger partial charge < -0.3 is 44.5 Å². The molecule has 2 bridgehead atoms. The molecule has 5 N–H and O–H groups in total. The molecular formula is C23H38O11. The van der Waals surface area contributed by atoms with Gasteiger partial charge in [0.2, 0.25) is 0 Å². The summed E-state index contributed by atoms with van der Waals surface area (Å²) in [5.74, 6) is -1.52. The van der Waals surface area contributed by atoms with E-state index >= 15 is 0 Å². The van der Waals surface area contributed by atoms with Crippen LogP contribution in [0.15, 0.2) is 0 Å². The summed E-state index contributed by atoms with van der Waals surface area (Å²) in [6.07, 6.45) is -7.76. The van der Waals surface area contributed by atoms with E-state index < -0.39 is 73.8 Å². The van der Waals surface area contributed by atoms with E-state index in [9.17, 15) is 35.1 Å². The molecule has 0 aromatic heterocycles. The van der Waals surface area contributed by atoms with Crippen molar-refractivity contribution in [2.75, 3.05) is 13.7 Å². The number of hydrogen-bond acceptors (Lipinski definition) is 11. The zero-order valence-corrected chi connectivity index (χ0v) is 20.3. The summed E-state index contributed by atoms with van der Waals surface area (Å²) in [7, 11) is 1.16. The molecule has 3 rings (SSSR count). The number of methoxy groups -OCH3 is 1. The van der Waals surface area contributed by atoms with E-state index in [1.54, 1.807) is 0 Å². The van der Waals surface area contributed by atoms with Crippen molar-refractivity contribution >= 4 is 11.9 Å². The molecule has 3 aliphatic rings. The van der Waals surface area contributed by atoms with Crippen molar-refractivity contribution in [3.8, 4) is 0 Å². The van der Waals surface area contributed by atoms with Gasteiger partial charge in [-0.3, -0.25) is 9.59 Å². The van der Waals surface area contributed by atoms with Crippen molar-refractivity contribution in [1.82, 2.24) is 0 Å². The van der Waals surface area contributed by atoms with E-state index in [2.05, 4.69) is 18.6 Å². The molecule has 10 atom stereocenters. The first-order valence-corrected chi connectivity index (χ1v) is 11.6. The molecule has 34 heavy (non-hydrogen) atoms. The van der Waals surface area contributed by atoms with Crippen LogP contribution in [-0.4, -0.2) is 99.7 Å². The minimum Gasteiger partial charge on any atom is -0.469 e. The molecule has 10 unspecified atom stereocenters. The molecule has 1 heterocycles. The van der Waals surface area contributed by atoms with E-state index in [-0.39, 0.29) is 22.9 Å². The van der Waals surface area contributed by atoms with Gasteiger partial charge in [-0.2, -0.15) is 0 Å². The standard InChI is InChI=1S/C23H38O11/c1-21(2)11-6-14(23(21,4)7-12(11)24)34-20-19(29)18(28)17(27)13(33-20)10-32-16(26)9-22(3,30)8-15(25)31-5/h11-14,17-20,24,27-30H,6-10H2,1-5H3. The van der Waals surface area contributed by atoms with Gasteiger partial charge in [0, 0.05) is 5.41 Å². The lowest BCUT2D eigenvalue weighted by Crippen LogP contribution is -2.60. The van der Waals surface area contributed by atoms with E-state index in [0.717, 1.165) is 7.11 Å². The Morgan fingerprint density at radius 2 is 1.65 bits per heavy atom. The maximum atomic E-state index is 12.2. The van der Waals surface area contributed by atoms with E-state index in [0.29, 0.717) is 12.8 Å². The maximum absolute atomic E-state index is 12.2. The summed E-state index contributed by atoms with van der Waals surface area (Å²) < 4.78 is 21.4. The lowest BCUT2D eigenvalue weighted by atomic mass is 9.70. The third-order valence-electron chi connectivity index (χ3n) is 8.33. The van der Waals surface area contributed by atoms with Crippen molar-refractivity contribution in [3.63, 3.8) is 0 Å². The molecule has 11 nitrogen and oxygen atoms in total. The second-order valence-corrected chi connectivity index (χ2v) is 11.0. The number of hydrogen-bond donors (Lipinski definition) is 5. The maximum Gasteiger partial charge on any atom is 0.308 e. The van der Waals surface area contributed by atoms with Crippen LogP contribution < -0.4 is 0 Å². The Balaban J connectivity index is 1.60. The molecule has 2 aliphatic carbocycles. The number of carbonyl (C=O) groups excluding carboxylic acids is 2. The van der Waals surface area contributed by atoms with Crippen LogP contribution in [-0.2, 0) is 28.5 Å². The topological polar surface area (TPSA) is 172 Å². The highest BCUT2D eigenvalue weighted by molar-refractivity contribution is 5.74. The number of carbonyl (C=O) groups is 2. The van der Waals surface area contributed by atoms with Crippen molar-refractivity contribution in [1.29, 1.82) is 0 Å². The Morgan fingerprint density at radius 3 is 2.18 bits per heavy atom. The molecule has 1 aliphatic heterocycles. The number of aliphatic hydroxyl groups excluding tert-OH is 4. The van der Waals surface area contributed by atoms with Gasteiger partial charge in [0.15, 0.2) is 6.29 Å². The summed E-state index contributed by atoms with van der Waals surface area (Å²) >= 11 is 0. The monoisotopic (exact) mass is 490 g/mol. The number of ether oxygens (including phenoxy) is 4. The van der Waals surface area contributed by atoms with Crippen LogP contribution in [0, 0.1) is 16.7 Å². The SMILES string of the molecule is COC(=O)CC(C)(O)CC(=O)OCC1OC(OC2CC3C(O)CC2(C)C3(C)C)C(O)C(O)C1O. The second kappa shape index (κ2) is 9.61. The van der Waals surface area contributed by atoms with Gasteiger partial charge in [0.25, 0.3) is 0 Å². The second-order valence-electron chi connectivity index (χ2n) is 11.0. The summed E-state index contributed by atoms with van der Waals surface area (Å²) in [6.45, 7) is 6.99. The van der Waals surface area contributed by atoms with Crippen LogP contribution in [0.3, 0.4) is 0 Å². The van der Waals surface area contributed by atoms with Crippen LogP contribution in [0.1, 0.15) is 53.4 Å². The third-order valence-corrected chi connectivity index (χ3v) is 8.33. The van der Waals surface area contributed by atoms with Gasteiger partial charge in [0.05, 0.1) is 37.8 Å². The van der Waals surface area contributed by atoms with Crippen LogP contribution in [0.2, 0.25) is 0 Å². The minimum absolute atomic E-state index is 0.0216. The molecule has 2 saturated carbocycles. The zero-order valence-electron chi connectivity index (χ0n) is 20.3. The molecule has 11 heteroatoms. The van der Waals surface area contributed by atoms with Crippen LogP contribution >= 0.6 is 0 Å². The first kappa shape index (κ1) is 27.3. The molecule has 0 aromatic carbocycles. The van der Waals surface area contributed by atoms with Gasteiger partial charge in [-0.25, -0.2) is 0 Å². The Labute approximate surface area is 198 Å². The minimum atomic E-state index is -1.69. The van der Waals surface area contributed by atoms with Gasteiger partial charge in [-0.15, -0.1) is 0 Å². The van der Waals surface area contributed by atoms with Crippen molar-refractivity contribution < 1.29 is 54.1 Å². The average molecular weight is 491 g/mol. The quantitative estimate of drug-likeness (QED) is 0.271. The molecular weight excluding hydrogens is 452 g/mol. The van der Waals surface area contributed by atoms with Crippen molar-refractivity contribution in [3.05, 3.63) is 0 Å². The lowest BCUT2D eigenvalue weighted by Gasteiger charge is -2.44. The van der Waals surface area contributed by atoms with Gasteiger partial charge in [0.1, 0.15) is 31.0 Å². The number of fused-ring (bicyclic) bond motifs is 2. The number of aliphatic hydroxyl groups is 5. The third kappa shape index (κ3) is 4.97. The van der Waals surface area contributed by atoms with Crippen molar-refractivity contribution in [2.45, 2.75) is 102 Å². The fraction of sp³-hybridized carbons (Fsp3) is 0.913. The van der Waals surface area contributed by atoms with Crippen LogP contribution in [0.25, 0.3) is 0 Å². The Kier molecular flexibility index (Phi) is 7.70. The normalized spacial score (nSPS) is 42.8. The summed E-state index contributed by atoms with van der Waals surface area (Å²) in [5, 5.41) is 51.7. The predicted molar refractivity (Wildman–Crippen MR) is 115 cm³/mol. The summed E-state index contributed by atoms with van der Waals surface area (Å²) in [6, 6.07) is 0. The van der Waals surface area contributed by atoms with E-state index in [1.807, 2.05) is 6.92 Å². The number of rotatable bonds is 8. The molecule has 0 aromatic rings. The van der Waals surface area contributed by atoms with Crippen molar-refractivity contribution in [2.24, 2.45) is 16.7 Å². The largest absolute Gasteiger partial charge is 0.469 e. The first-order chi connectivity index (χ1) is 15.6. The Hall–Kier alpha value is -1.34. The van der Waals surface area contributed by atoms with Gasteiger partial charge >= 0.3 is 11.9 Å². The average Bonchev–Trinajstić information content (AvgIpc) is 3.02. The summed E-state index contributed by atoms with van der Waals surface area (Å²) in [5.41, 5.74) is -2.27. The molecule has 0 spiro atoms. The number of esters is 2. The van der Waals surface area contributed by atoms with Gasteiger partial charge in [-0.05, 0) is 31.1 Å². The van der Waals surface area contributed by atoms with E-state index in [1.165, 1.54) is 6.92 Å². The fourth-order valence-electron chi connectivity index (χ4n) is 5.75. The van der Waals surface area contributed by atoms with Gasteiger partial charge in [-0.1, -0.05) is 20.8 Å². The first-order valence-electron chi connectivity index (χ1n) is 11.6. The van der Waals surface area contributed by atoms with Crippen LogP contribution in [0.5, 0.6) is 0 Å². The lowest BCUT2D eigenvalue weighted by molar-refractivity contribution is -0.320. The molecule has 3 fully saturated rings. The van der Waals surface area contributed by atoms with E-state index in [4.69, 9.17) is 14.2 Å². The highest BCUT2D eigenvalue weighted by Crippen LogP contribution is 2.66. The van der Waals surface area contributed by atoms with Crippen LogP contribution in [0.4, 0.5) is 0 Å².